The Morgan fingerprint density at radius 3 is 2.47 bits per heavy atom. The Hall–Kier alpha value is -4.51. The van der Waals surface area contributed by atoms with Crippen molar-refractivity contribution < 1.29 is 23.9 Å². The minimum Gasteiger partial charge on any atom is -0.448 e. The van der Waals surface area contributed by atoms with Gasteiger partial charge in [0.05, 0.1) is 10.5 Å². The van der Waals surface area contributed by atoms with E-state index >= 15 is 0 Å². The predicted molar refractivity (Wildman–Crippen MR) is 178 cm³/mol. The smallest absolute Gasteiger partial charge is 0.356 e. The fourth-order valence-corrected chi connectivity index (χ4v) is 8.38. The SMILES string of the molecule is Cn1nnnc1SCC1=C(C(=O)OC(c2ccccc2)c2ccccc2)N2C(=O)C(NC(=O)C(=CCl)c3cnc(NC=O)s3)[C@@H]2SC1. The van der Waals surface area contributed by atoms with Gasteiger partial charge < -0.3 is 15.4 Å². The summed E-state index contributed by atoms with van der Waals surface area (Å²) >= 11 is 9.80. The summed E-state index contributed by atoms with van der Waals surface area (Å²) in [6, 6.07) is 17.8. The van der Waals surface area contributed by atoms with E-state index in [1.807, 2.05) is 60.7 Å². The zero-order valence-corrected chi connectivity index (χ0v) is 27.7. The van der Waals surface area contributed by atoms with E-state index in [1.54, 1.807) is 7.05 Å². The average Bonchev–Trinajstić information content (AvgIpc) is 3.74. The lowest BCUT2D eigenvalue weighted by molar-refractivity contribution is -0.154. The molecule has 4 heterocycles. The van der Waals surface area contributed by atoms with E-state index in [9.17, 15) is 19.2 Å². The number of carbonyl (C=O) groups is 4. The summed E-state index contributed by atoms with van der Waals surface area (Å²) in [5.74, 6) is -1.03. The molecule has 1 saturated heterocycles. The number of halogens is 1. The second-order valence-electron chi connectivity index (χ2n) is 10.1. The monoisotopic (exact) mass is 708 g/mol. The molecule has 4 aromatic rings. The molecule has 6 rings (SSSR count). The lowest BCUT2D eigenvalue weighted by atomic mass is 10.0. The topological polar surface area (TPSA) is 161 Å². The largest absolute Gasteiger partial charge is 0.448 e. The molecule has 2 aromatic carbocycles. The van der Waals surface area contributed by atoms with Gasteiger partial charge in [0.2, 0.25) is 11.6 Å². The molecule has 47 heavy (non-hydrogen) atoms. The second-order valence-corrected chi connectivity index (χ2v) is 13.4. The molecule has 0 aliphatic carbocycles. The summed E-state index contributed by atoms with van der Waals surface area (Å²) in [4.78, 5) is 57.8. The van der Waals surface area contributed by atoms with Gasteiger partial charge in [0.25, 0.3) is 11.8 Å². The summed E-state index contributed by atoms with van der Waals surface area (Å²) in [7, 11) is 1.71. The van der Waals surface area contributed by atoms with Gasteiger partial charge in [-0.25, -0.2) is 14.5 Å². The fourth-order valence-electron chi connectivity index (χ4n) is 4.97. The van der Waals surface area contributed by atoms with Crippen LogP contribution in [0.15, 0.2) is 88.8 Å². The molecular formula is C30H25ClN8O5S3. The van der Waals surface area contributed by atoms with E-state index < -0.39 is 35.3 Å². The number of nitrogens with zero attached hydrogens (tertiary/aromatic N) is 6. The number of hydrogen-bond donors (Lipinski definition) is 2. The van der Waals surface area contributed by atoms with E-state index in [1.165, 1.54) is 39.3 Å². The Morgan fingerprint density at radius 2 is 1.85 bits per heavy atom. The lowest BCUT2D eigenvalue weighted by Crippen LogP contribution is -2.70. The number of fused-ring (bicyclic) bond motifs is 1. The number of carbonyl (C=O) groups excluding carboxylic acids is 4. The minimum absolute atomic E-state index is 0.0771. The number of anilines is 1. The number of aromatic nitrogens is 5. The maximum atomic E-state index is 14.2. The van der Waals surface area contributed by atoms with E-state index in [-0.39, 0.29) is 16.4 Å². The highest BCUT2D eigenvalue weighted by Gasteiger charge is 2.54. The predicted octanol–water partition coefficient (Wildman–Crippen LogP) is 3.59. The third-order valence-corrected chi connectivity index (χ3v) is 10.8. The van der Waals surface area contributed by atoms with Crippen LogP contribution in [0.25, 0.3) is 5.57 Å². The summed E-state index contributed by atoms with van der Waals surface area (Å²) in [6.07, 6.45) is 1.14. The van der Waals surface area contributed by atoms with Crippen LogP contribution in [0.3, 0.4) is 0 Å². The molecule has 13 nitrogen and oxygen atoms in total. The van der Waals surface area contributed by atoms with Crippen LogP contribution in [0.5, 0.6) is 0 Å². The van der Waals surface area contributed by atoms with E-state index in [0.29, 0.717) is 33.5 Å². The van der Waals surface area contributed by atoms with Crippen molar-refractivity contribution >= 4 is 81.4 Å². The summed E-state index contributed by atoms with van der Waals surface area (Å²) in [5, 5.41) is 17.0. The Labute approximate surface area is 285 Å². The number of amides is 3. The molecule has 17 heteroatoms. The number of benzene rings is 2. The maximum Gasteiger partial charge on any atom is 0.356 e. The number of β-lactam (4-membered cyclic amide) rings is 1. The molecule has 2 aromatic heterocycles. The van der Waals surface area contributed by atoms with Crippen LogP contribution in [0.2, 0.25) is 0 Å². The van der Waals surface area contributed by atoms with Gasteiger partial charge in [-0.1, -0.05) is 95.4 Å². The van der Waals surface area contributed by atoms with E-state index in [2.05, 4.69) is 31.1 Å². The van der Waals surface area contributed by atoms with Gasteiger partial charge in [-0.15, -0.1) is 16.9 Å². The number of hydrogen-bond acceptors (Lipinski definition) is 12. The van der Waals surface area contributed by atoms with E-state index in [0.717, 1.165) is 28.0 Å². The maximum absolute atomic E-state index is 14.2. The van der Waals surface area contributed by atoms with Crippen LogP contribution in [-0.4, -0.2) is 77.2 Å². The van der Waals surface area contributed by atoms with Crippen LogP contribution in [0.4, 0.5) is 5.13 Å². The molecule has 3 amide bonds. The van der Waals surface area contributed by atoms with Crippen LogP contribution in [0, 0.1) is 0 Å². The second kappa shape index (κ2) is 14.5. The van der Waals surface area contributed by atoms with E-state index in [4.69, 9.17) is 16.3 Å². The van der Waals surface area contributed by atoms with Crippen molar-refractivity contribution in [3.63, 3.8) is 0 Å². The zero-order chi connectivity index (χ0) is 32.9. The van der Waals surface area contributed by atoms with Crippen molar-refractivity contribution in [3.05, 3.63) is 99.7 Å². The highest BCUT2D eigenvalue weighted by atomic mass is 35.5. The molecule has 2 atom stereocenters. The molecule has 0 spiro atoms. The zero-order valence-electron chi connectivity index (χ0n) is 24.5. The van der Waals surface area contributed by atoms with Crippen LogP contribution in [0.1, 0.15) is 22.1 Å². The molecule has 2 aliphatic rings. The number of thiazole rings is 1. The molecule has 1 fully saturated rings. The van der Waals surface area contributed by atoms with Crippen molar-refractivity contribution in [1.29, 1.82) is 0 Å². The number of esters is 1. The number of aryl methyl sites for hydroxylation is 1. The summed E-state index contributed by atoms with van der Waals surface area (Å²) in [6.45, 7) is 0. The number of rotatable bonds is 12. The first kappa shape index (κ1) is 32.4. The van der Waals surface area contributed by atoms with Gasteiger partial charge >= 0.3 is 5.97 Å². The Kier molecular flexibility index (Phi) is 10.0. The Morgan fingerprint density at radius 1 is 1.15 bits per heavy atom. The van der Waals surface area contributed by atoms with Crippen molar-refractivity contribution in [3.8, 4) is 0 Å². The molecule has 240 valence electrons. The molecular weight excluding hydrogens is 684 g/mol. The van der Waals surface area contributed by atoms with Gasteiger partial charge in [0, 0.05) is 30.3 Å². The molecule has 0 bridgehead atoms. The van der Waals surface area contributed by atoms with Crippen LogP contribution < -0.4 is 10.6 Å². The normalized spacial score (nSPS) is 17.6. The molecule has 2 N–H and O–H groups in total. The number of nitrogens with one attached hydrogen (secondary N) is 2. The van der Waals surface area contributed by atoms with Gasteiger partial charge in [-0.05, 0) is 27.1 Å². The van der Waals surface area contributed by atoms with Gasteiger partial charge in [-0.3, -0.25) is 19.3 Å². The lowest BCUT2D eigenvalue weighted by Gasteiger charge is -2.49. The van der Waals surface area contributed by atoms with Gasteiger partial charge in [0.1, 0.15) is 17.1 Å². The van der Waals surface area contributed by atoms with Crippen LogP contribution >= 0.6 is 46.5 Å². The molecule has 1 unspecified atom stereocenters. The Balaban J connectivity index is 1.27. The molecule has 0 radical (unpaired) electrons. The van der Waals surface area contributed by atoms with Crippen molar-refractivity contribution in [2.45, 2.75) is 22.7 Å². The quantitative estimate of drug-likeness (QED) is 0.0728. The third kappa shape index (κ3) is 6.81. The summed E-state index contributed by atoms with van der Waals surface area (Å²) in [5.41, 5.74) is 3.51. The number of tetrazole rings is 1. The first-order valence-electron chi connectivity index (χ1n) is 14.0. The minimum atomic E-state index is -0.932. The van der Waals surface area contributed by atoms with Crippen LogP contribution in [-0.2, 0) is 31.0 Å². The highest BCUT2D eigenvalue weighted by Crippen LogP contribution is 2.43. The Bertz CT molecular complexity index is 1830. The van der Waals surface area contributed by atoms with Gasteiger partial charge in [-0.2, -0.15) is 0 Å². The first-order valence-corrected chi connectivity index (χ1v) is 17.3. The molecule has 2 aliphatic heterocycles. The molecule has 0 saturated carbocycles. The average molecular weight is 709 g/mol. The number of ether oxygens (including phenoxy) is 1. The van der Waals surface area contributed by atoms with Gasteiger partial charge in [0.15, 0.2) is 11.2 Å². The highest BCUT2D eigenvalue weighted by molar-refractivity contribution is 8.01. The standard InChI is InChI=1S/C30H25ClN8O5S3/c1-38-30(35-36-37-38)46-15-19-14-45-27-22(34-25(41)20(12-31)21-13-32-29(47-21)33-16-40)26(42)39(27)23(19)28(43)44-24(17-8-4-2-5-9-17)18-10-6-3-7-11-18/h2-13,16,22,24,27H,14-15H2,1H3,(H,34,41)(H,32,33,40)/t22?,27-/m0/s1. The third-order valence-electron chi connectivity index (χ3n) is 7.22. The first-order chi connectivity index (χ1) is 22.9. The van der Waals surface area contributed by atoms with Crippen molar-refractivity contribution in [2.24, 2.45) is 7.05 Å². The fraction of sp³-hybridized carbons (Fsp3) is 0.200. The van der Waals surface area contributed by atoms with Crippen molar-refractivity contribution in [2.75, 3.05) is 16.8 Å². The number of thioether (sulfide) groups is 2. The summed E-state index contributed by atoms with van der Waals surface area (Å²) < 4.78 is 7.72. The van der Waals surface area contributed by atoms with Crippen molar-refractivity contribution in [1.82, 2.24) is 35.4 Å².